The lowest BCUT2D eigenvalue weighted by Gasteiger charge is -2.33. The maximum absolute atomic E-state index is 12.1. The summed E-state index contributed by atoms with van der Waals surface area (Å²) in [7, 11) is 2.71. The van der Waals surface area contributed by atoms with E-state index >= 15 is 0 Å². The second kappa shape index (κ2) is 5.05. The molecule has 2 aromatic heterocycles. The minimum atomic E-state index is -0.997. The SMILES string of the molecule is CO[N+](C)([O-])c1cnccc1Nc1ncccn1. The van der Waals surface area contributed by atoms with E-state index in [1.807, 2.05) is 0 Å². The van der Waals surface area contributed by atoms with Gasteiger partial charge >= 0.3 is 0 Å². The molecule has 0 aromatic carbocycles. The Morgan fingerprint density at radius 3 is 2.67 bits per heavy atom. The van der Waals surface area contributed by atoms with Crippen LogP contribution in [0.3, 0.4) is 0 Å². The zero-order valence-corrected chi connectivity index (χ0v) is 10.1. The van der Waals surface area contributed by atoms with Crippen molar-refractivity contribution in [2.24, 2.45) is 0 Å². The van der Waals surface area contributed by atoms with E-state index in [0.29, 0.717) is 17.3 Å². The Balaban J connectivity index is 2.34. The van der Waals surface area contributed by atoms with Crippen LogP contribution in [0.15, 0.2) is 36.9 Å². The lowest BCUT2D eigenvalue weighted by Crippen LogP contribution is -2.37. The molecule has 1 atom stereocenters. The lowest BCUT2D eigenvalue weighted by atomic mass is 10.3. The van der Waals surface area contributed by atoms with Gasteiger partial charge in [-0.15, -0.1) is 0 Å². The van der Waals surface area contributed by atoms with Gasteiger partial charge < -0.3 is 10.5 Å². The van der Waals surface area contributed by atoms with E-state index in [-0.39, 0.29) is 0 Å². The van der Waals surface area contributed by atoms with Crippen LogP contribution in [0.5, 0.6) is 0 Å². The molecule has 0 bridgehead atoms. The minimum absolute atomic E-state index is 0.340. The van der Waals surface area contributed by atoms with Crippen LogP contribution in [-0.2, 0) is 4.84 Å². The molecule has 94 valence electrons. The predicted octanol–water partition coefficient (Wildman–Crippen LogP) is 1.61. The van der Waals surface area contributed by atoms with Gasteiger partial charge in [-0.1, -0.05) is 0 Å². The summed E-state index contributed by atoms with van der Waals surface area (Å²) >= 11 is 0. The van der Waals surface area contributed by atoms with Crippen LogP contribution in [0.4, 0.5) is 17.3 Å². The van der Waals surface area contributed by atoms with Crippen LogP contribution >= 0.6 is 0 Å². The zero-order valence-electron chi connectivity index (χ0n) is 10.1. The van der Waals surface area contributed by atoms with Crippen molar-refractivity contribution in [1.29, 1.82) is 0 Å². The Kier molecular flexibility index (Phi) is 3.47. The van der Waals surface area contributed by atoms with Gasteiger partial charge in [0, 0.05) is 18.6 Å². The molecule has 0 spiro atoms. The second-order valence-corrected chi connectivity index (χ2v) is 3.62. The van der Waals surface area contributed by atoms with Crippen molar-refractivity contribution in [2.75, 3.05) is 19.5 Å². The van der Waals surface area contributed by atoms with Gasteiger partial charge in [-0.2, -0.15) is 4.81 Å². The fourth-order valence-electron chi connectivity index (χ4n) is 1.40. The number of anilines is 2. The molecular weight excluding hydrogens is 234 g/mol. The molecule has 0 radical (unpaired) electrons. The van der Waals surface area contributed by atoms with Gasteiger partial charge in [-0.05, 0) is 12.1 Å². The molecule has 0 saturated heterocycles. The van der Waals surface area contributed by atoms with E-state index in [9.17, 15) is 5.21 Å². The first-order chi connectivity index (χ1) is 8.63. The molecule has 2 rings (SSSR count). The third-order valence-electron chi connectivity index (χ3n) is 2.40. The summed E-state index contributed by atoms with van der Waals surface area (Å²) in [4.78, 5) is 15.9. The average molecular weight is 247 g/mol. The highest BCUT2D eigenvalue weighted by atomic mass is 16.9. The molecule has 18 heavy (non-hydrogen) atoms. The molecular formula is C11H13N5O2. The second-order valence-electron chi connectivity index (χ2n) is 3.62. The summed E-state index contributed by atoms with van der Waals surface area (Å²) in [5.41, 5.74) is 0.892. The van der Waals surface area contributed by atoms with Gasteiger partial charge in [0.25, 0.3) is 0 Å². The van der Waals surface area contributed by atoms with E-state index in [2.05, 4.69) is 20.3 Å². The summed E-state index contributed by atoms with van der Waals surface area (Å²) in [6, 6.07) is 3.38. The van der Waals surface area contributed by atoms with Crippen molar-refractivity contribution in [2.45, 2.75) is 0 Å². The Bertz CT molecular complexity index is 518. The molecule has 2 aromatic rings. The van der Waals surface area contributed by atoms with Gasteiger partial charge in [0.2, 0.25) is 11.6 Å². The summed E-state index contributed by atoms with van der Waals surface area (Å²) in [5, 5.41) is 15.0. The summed E-state index contributed by atoms with van der Waals surface area (Å²) in [6.07, 6.45) is 6.24. The summed E-state index contributed by atoms with van der Waals surface area (Å²) < 4.78 is 0. The van der Waals surface area contributed by atoms with Gasteiger partial charge in [0.1, 0.15) is 12.7 Å². The molecule has 7 nitrogen and oxygen atoms in total. The van der Waals surface area contributed by atoms with E-state index in [1.165, 1.54) is 20.4 Å². The van der Waals surface area contributed by atoms with Crippen molar-refractivity contribution >= 4 is 17.3 Å². The van der Waals surface area contributed by atoms with Gasteiger partial charge in [-0.3, -0.25) is 4.98 Å². The van der Waals surface area contributed by atoms with Gasteiger partial charge in [0.15, 0.2) is 0 Å². The largest absolute Gasteiger partial charge is 0.593 e. The van der Waals surface area contributed by atoms with E-state index in [4.69, 9.17) is 4.84 Å². The van der Waals surface area contributed by atoms with Crippen molar-refractivity contribution in [1.82, 2.24) is 19.8 Å². The lowest BCUT2D eigenvalue weighted by molar-refractivity contribution is -0.0554. The molecule has 1 unspecified atom stereocenters. The maximum atomic E-state index is 12.1. The van der Waals surface area contributed by atoms with Crippen LogP contribution in [0, 0.1) is 5.21 Å². The fourth-order valence-corrected chi connectivity index (χ4v) is 1.40. The number of aromatic nitrogens is 3. The predicted molar refractivity (Wildman–Crippen MR) is 67.6 cm³/mol. The molecule has 0 amide bonds. The number of nitrogens with one attached hydrogen (secondary N) is 1. The van der Waals surface area contributed by atoms with E-state index in [1.54, 1.807) is 30.7 Å². The van der Waals surface area contributed by atoms with Crippen molar-refractivity contribution < 1.29 is 4.84 Å². The van der Waals surface area contributed by atoms with Crippen LogP contribution in [0.1, 0.15) is 0 Å². The first-order valence-corrected chi connectivity index (χ1v) is 5.25. The molecule has 0 aliphatic rings. The van der Waals surface area contributed by atoms with Crippen molar-refractivity contribution in [3.63, 3.8) is 0 Å². The summed E-state index contributed by atoms with van der Waals surface area (Å²) in [6.45, 7) is 0. The highest BCUT2D eigenvalue weighted by molar-refractivity contribution is 5.69. The van der Waals surface area contributed by atoms with Crippen LogP contribution in [0.25, 0.3) is 0 Å². The summed E-state index contributed by atoms with van der Waals surface area (Å²) in [5.74, 6) is 0.404. The number of rotatable bonds is 4. The normalized spacial score (nSPS) is 13.9. The van der Waals surface area contributed by atoms with Gasteiger partial charge in [-0.25, -0.2) is 14.8 Å². The molecule has 0 aliphatic carbocycles. The van der Waals surface area contributed by atoms with E-state index < -0.39 is 4.81 Å². The highest BCUT2D eigenvalue weighted by Gasteiger charge is 2.20. The average Bonchev–Trinajstić information content (AvgIpc) is 2.40. The van der Waals surface area contributed by atoms with Crippen molar-refractivity contribution in [3.8, 4) is 0 Å². The molecule has 7 heteroatoms. The first kappa shape index (κ1) is 12.4. The Labute approximate surface area is 104 Å². The number of pyridine rings is 1. The highest BCUT2D eigenvalue weighted by Crippen LogP contribution is 2.29. The van der Waals surface area contributed by atoms with Crippen LogP contribution in [0.2, 0.25) is 0 Å². The van der Waals surface area contributed by atoms with Gasteiger partial charge in [0.05, 0.1) is 13.3 Å². The Morgan fingerprint density at radius 2 is 2.00 bits per heavy atom. The standard InChI is InChI=1S/C11H13N5O2/c1-16(17,18-2)10-8-12-7-4-9(10)15-11-13-5-3-6-14-11/h3-8H,1-2H3,(H,12,13,14,15). The van der Waals surface area contributed by atoms with Crippen molar-refractivity contribution in [3.05, 3.63) is 42.1 Å². The molecule has 0 fully saturated rings. The monoisotopic (exact) mass is 247 g/mol. The molecule has 0 aliphatic heterocycles. The smallest absolute Gasteiger partial charge is 0.227 e. The number of hydroxylamine groups is 2. The zero-order chi connectivity index (χ0) is 13.0. The van der Waals surface area contributed by atoms with Crippen LogP contribution < -0.4 is 10.1 Å². The molecule has 2 heterocycles. The number of nitrogens with zero attached hydrogens (tertiary/aromatic N) is 4. The van der Waals surface area contributed by atoms with Crippen LogP contribution in [-0.4, -0.2) is 29.1 Å². The Morgan fingerprint density at radius 1 is 1.28 bits per heavy atom. The first-order valence-electron chi connectivity index (χ1n) is 5.25. The maximum Gasteiger partial charge on any atom is 0.227 e. The third-order valence-corrected chi connectivity index (χ3v) is 2.40. The molecule has 0 saturated carbocycles. The quantitative estimate of drug-likeness (QED) is 0.652. The third kappa shape index (κ3) is 2.59. The molecule has 1 N–H and O–H groups in total. The topological polar surface area (TPSA) is 83.0 Å². The Hall–Kier alpha value is -2.09. The number of quaternary nitrogens is 1. The number of hydrogen-bond acceptors (Lipinski definition) is 6. The van der Waals surface area contributed by atoms with E-state index in [0.717, 1.165) is 0 Å². The minimum Gasteiger partial charge on any atom is -0.593 e. The number of hydrogen-bond donors (Lipinski definition) is 1. The fraction of sp³-hybridized carbons (Fsp3) is 0.182.